The summed E-state index contributed by atoms with van der Waals surface area (Å²) in [5, 5.41) is 0. The van der Waals surface area contributed by atoms with Crippen molar-refractivity contribution in [2.45, 2.75) is 9.79 Å². The minimum atomic E-state index is 0. The summed E-state index contributed by atoms with van der Waals surface area (Å²) < 4.78 is 0. The number of hydrogen-bond donors (Lipinski definition) is 0. The molecule has 0 atom stereocenters. The van der Waals surface area contributed by atoms with E-state index in [-0.39, 0.29) is 29.6 Å². The molecule has 0 aromatic heterocycles. The molecule has 0 unspecified atom stereocenters. The van der Waals surface area contributed by atoms with Crippen LogP contribution < -0.4 is 29.6 Å². The van der Waals surface area contributed by atoms with Gasteiger partial charge in [0.15, 0.2) is 0 Å². The zero-order valence-electron chi connectivity index (χ0n) is 8.60. The molecular formula is C13H9NaS. The van der Waals surface area contributed by atoms with E-state index in [1.807, 2.05) is 11.8 Å². The second-order valence-corrected chi connectivity index (χ2v) is 4.41. The Kier molecular flexibility index (Phi) is 3.47. The van der Waals surface area contributed by atoms with E-state index >= 15 is 0 Å². The van der Waals surface area contributed by atoms with Crippen molar-refractivity contribution in [2.75, 3.05) is 0 Å². The van der Waals surface area contributed by atoms with Gasteiger partial charge in [0.25, 0.3) is 0 Å². The fourth-order valence-corrected chi connectivity index (χ4v) is 2.69. The standard InChI is InChI=1S/C13H9S.Na/c1-3-7-12-10(5-1)9-11-6-2-4-8-13(11)14-12;/h1-9H;/q-1;+1. The Morgan fingerprint density at radius 1 is 0.733 bits per heavy atom. The van der Waals surface area contributed by atoms with Crippen LogP contribution in [0.15, 0.2) is 58.3 Å². The van der Waals surface area contributed by atoms with E-state index < -0.39 is 0 Å². The van der Waals surface area contributed by atoms with Gasteiger partial charge in [-0.2, -0.15) is 11.8 Å². The van der Waals surface area contributed by atoms with Gasteiger partial charge in [0.05, 0.1) is 0 Å². The maximum Gasteiger partial charge on any atom is 1.00 e. The molecule has 1 aliphatic heterocycles. The van der Waals surface area contributed by atoms with Crippen molar-refractivity contribution in [3.05, 3.63) is 66.1 Å². The van der Waals surface area contributed by atoms with Crippen molar-refractivity contribution in [1.82, 2.24) is 0 Å². The van der Waals surface area contributed by atoms with Crippen LogP contribution in [0.1, 0.15) is 11.1 Å². The van der Waals surface area contributed by atoms with Crippen LogP contribution in [0.25, 0.3) is 0 Å². The average molecular weight is 220 g/mol. The number of benzene rings is 2. The molecule has 0 bridgehead atoms. The zero-order valence-corrected chi connectivity index (χ0v) is 11.4. The molecule has 0 saturated heterocycles. The molecule has 0 saturated carbocycles. The summed E-state index contributed by atoms with van der Waals surface area (Å²) in [7, 11) is 0. The van der Waals surface area contributed by atoms with Crippen molar-refractivity contribution < 1.29 is 29.6 Å². The summed E-state index contributed by atoms with van der Waals surface area (Å²) in [6, 6.07) is 17.0. The third kappa shape index (κ3) is 2.11. The van der Waals surface area contributed by atoms with Crippen LogP contribution in [0.4, 0.5) is 0 Å². The molecule has 2 aromatic rings. The van der Waals surface area contributed by atoms with E-state index in [2.05, 4.69) is 55.0 Å². The van der Waals surface area contributed by atoms with E-state index in [1.165, 1.54) is 20.9 Å². The first kappa shape index (κ1) is 11.2. The SMILES string of the molecule is [Na+].c1ccc2c(c1)[CH-]c1ccccc1S2. The van der Waals surface area contributed by atoms with Gasteiger partial charge >= 0.3 is 29.6 Å². The van der Waals surface area contributed by atoms with Crippen molar-refractivity contribution in [3.8, 4) is 0 Å². The Bertz CT molecular complexity index is 392. The maximum atomic E-state index is 2.25. The van der Waals surface area contributed by atoms with Crippen molar-refractivity contribution in [3.63, 3.8) is 0 Å². The fourth-order valence-electron chi connectivity index (χ4n) is 1.67. The minimum absolute atomic E-state index is 0. The molecular weight excluding hydrogens is 211 g/mol. The molecule has 1 heterocycles. The van der Waals surface area contributed by atoms with Gasteiger partial charge in [0.1, 0.15) is 0 Å². The molecule has 3 rings (SSSR count). The van der Waals surface area contributed by atoms with Gasteiger partial charge < -0.3 is 0 Å². The third-order valence-electron chi connectivity index (χ3n) is 2.37. The topological polar surface area (TPSA) is 0 Å². The van der Waals surface area contributed by atoms with Crippen LogP contribution in [0.3, 0.4) is 0 Å². The van der Waals surface area contributed by atoms with Crippen LogP contribution in [0.5, 0.6) is 0 Å². The predicted octanol–water partition coefficient (Wildman–Crippen LogP) is 0.756. The normalized spacial score (nSPS) is 11.7. The van der Waals surface area contributed by atoms with E-state index in [1.54, 1.807) is 0 Å². The predicted molar refractivity (Wildman–Crippen MR) is 59.5 cm³/mol. The first-order valence-corrected chi connectivity index (χ1v) is 5.46. The molecule has 2 aromatic carbocycles. The molecule has 0 nitrogen and oxygen atoms in total. The van der Waals surface area contributed by atoms with Gasteiger partial charge in [0.2, 0.25) is 0 Å². The van der Waals surface area contributed by atoms with E-state index in [9.17, 15) is 0 Å². The summed E-state index contributed by atoms with van der Waals surface area (Å²) in [5.74, 6) is 0. The van der Waals surface area contributed by atoms with E-state index in [0.29, 0.717) is 0 Å². The smallest absolute Gasteiger partial charge is 0.173 e. The van der Waals surface area contributed by atoms with Crippen LogP contribution >= 0.6 is 11.8 Å². The first-order valence-electron chi connectivity index (χ1n) is 4.64. The molecule has 0 fully saturated rings. The summed E-state index contributed by atoms with van der Waals surface area (Å²) >= 11 is 1.85. The van der Waals surface area contributed by atoms with E-state index in [4.69, 9.17) is 0 Å². The largest absolute Gasteiger partial charge is 1.00 e. The Morgan fingerprint density at radius 3 is 1.73 bits per heavy atom. The number of rotatable bonds is 0. The second kappa shape index (κ2) is 4.67. The third-order valence-corrected chi connectivity index (χ3v) is 3.55. The van der Waals surface area contributed by atoms with Crippen molar-refractivity contribution in [2.24, 2.45) is 0 Å². The molecule has 68 valence electrons. The quantitative estimate of drug-likeness (QED) is 0.398. The van der Waals surface area contributed by atoms with Gasteiger partial charge in [0, 0.05) is 0 Å². The summed E-state index contributed by atoms with van der Waals surface area (Å²) in [6.07, 6.45) is 2.25. The Labute approximate surface area is 116 Å². The minimum Gasteiger partial charge on any atom is -0.173 e. The molecule has 0 amide bonds. The molecule has 15 heavy (non-hydrogen) atoms. The van der Waals surface area contributed by atoms with Crippen LogP contribution in [0.2, 0.25) is 0 Å². The molecule has 2 heteroatoms. The molecule has 0 N–H and O–H groups in total. The van der Waals surface area contributed by atoms with E-state index in [0.717, 1.165) is 0 Å². The molecule has 0 aliphatic carbocycles. The molecule has 0 radical (unpaired) electrons. The van der Waals surface area contributed by atoms with Gasteiger partial charge in [-0.1, -0.05) is 46.2 Å². The zero-order chi connectivity index (χ0) is 9.38. The Morgan fingerprint density at radius 2 is 1.20 bits per heavy atom. The first-order chi connectivity index (χ1) is 6.93. The fraction of sp³-hybridized carbons (Fsp3) is 0. The van der Waals surface area contributed by atoms with Crippen LogP contribution in [0, 0.1) is 6.42 Å². The van der Waals surface area contributed by atoms with Crippen LogP contribution in [-0.2, 0) is 0 Å². The Balaban J connectivity index is 0.000000853. The van der Waals surface area contributed by atoms with Gasteiger partial charge in [-0.05, 0) is 0 Å². The van der Waals surface area contributed by atoms with Gasteiger partial charge in [-0.3, -0.25) is 0 Å². The monoisotopic (exact) mass is 220 g/mol. The maximum absolute atomic E-state index is 2.25. The van der Waals surface area contributed by atoms with Gasteiger partial charge in [-0.15, -0.1) is 29.7 Å². The van der Waals surface area contributed by atoms with Crippen LogP contribution in [-0.4, -0.2) is 0 Å². The van der Waals surface area contributed by atoms with Crippen molar-refractivity contribution in [1.29, 1.82) is 0 Å². The average Bonchev–Trinajstić information content (AvgIpc) is 2.26. The summed E-state index contributed by atoms with van der Waals surface area (Å²) in [4.78, 5) is 2.71. The number of fused-ring (bicyclic) bond motifs is 2. The Hall–Kier alpha value is -0.340. The second-order valence-electron chi connectivity index (χ2n) is 3.32. The summed E-state index contributed by atoms with van der Waals surface area (Å²) in [6.45, 7) is 0. The molecule has 1 aliphatic rings. The summed E-state index contributed by atoms with van der Waals surface area (Å²) in [5.41, 5.74) is 2.66. The molecule has 0 spiro atoms. The van der Waals surface area contributed by atoms with Crippen molar-refractivity contribution >= 4 is 11.8 Å². The van der Waals surface area contributed by atoms with Gasteiger partial charge in [-0.25, -0.2) is 0 Å². The number of hydrogen-bond acceptors (Lipinski definition) is 1.